The second-order valence-corrected chi connectivity index (χ2v) is 7.84. The van der Waals surface area contributed by atoms with Crippen molar-refractivity contribution >= 4 is 5.91 Å². The van der Waals surface area contributed by atoms with Crippen LogP contribution in [0.25, 0.3) is 11.6 Å². The molecule has 0 aliphatic heterocycles. The van der Waals surface area contributed by atoms with Crippen molar-refractivity contribution in [2.75, 3.05) is 6.54 Å². The van der Waals surface area contributed by atoms with Crippen LogP contribution in [0, 0.1) is 19.8 Å². The summed E-state index contributed by atoms with van der Waals surface area (Å²) in [4.78, 5) is 21.0. The number of carbonyl (C=O) groups is 1. The number of amides is 1. The molecule has 9 heteroatoms. The molecule has 0 aromatic carbocycles. The Kier molecular flexibility index (Phi) is 5.87. The molecular weight excluding hydrogens is 384 g/mol. The molecule has 3 aromatic rings. The highest BCUT2D eigenvalue weighted by Gasteiger charge is 2.27. The van der Waals surface area contributed by atoms with Crippen molar-refractivity contribution in [3.8, 4) is 11.6 Å². The first-order valence-corrected chi connectivity index (χ1v) is 10.4. The van der Waals surface area contributed by atoms with Gasteiger partial charge >= 0.3 is 0 Å². The van der Waals surface area contributed by atoms with Crippen molar-refractivity contribution in [2.24, 2.45) is 5.92 Å². The predicted octanol–water partition coefficient (Wildman–Crippen LogP) is 3.40. The Morgan fingerprint density at radius 2 is 1.93 bits per heavy atom. The van der Waals surface area contributed by atoms with Gasteiger partial charge in [0.1, 0.15) is 17.0 Å². The molecule has 0 spiro atoms. The number of hydrogen-bond acceptors (Lipinski definition) is 8. The summed E-state index contributed by atoms with van der Waals surface area (Å²) >= 11 is 0. The van der Waals surface area contributed by atoms with Gasteiger partial charge in [0.05, 0.1) is 17.6 Å². The number of nitrogens with one attached hydrogen (secondary N) is 1. The Hall–Kier alpha value is -3.10. The van der Waals surface area contributed by atoms with Crippen LogP contribution >= 0.6 is 0 Å². The van der Waals surface area contributed by atoms with Gasteiger partial charge in [-0.25, -0.2) is 4.98 Å². The minimum Gasteiger partial charge on any atom is -0.419 e. The second kappa shape index (κ2) is 8.73. The van der Waals surface area contributed by atoms with E-state index < -0.39 is 0 Å². The number of carbonyl (C=O) groups excluding carboxylic acids is 1. The van der Waals surface area contributed by atoms with E-state index in [4.69, 9.17) is 8.94 Å². The first-order chi connectivity index (χ1) is 14.5. The second-order valence-electron chi connectivity index (χ2n) is 7.84. The van der Waals surface area contributed by atoms with Crippen molar-refractivity contribution in [1.82, 2.24) is 30.6 Å². The van der Waals surface area contributed by atoms with E-state index in [2.05, 4.69) is 30.6 Å². The van der Waals surface area contributed by atoms with Gasteiger partial charge in [0.15, 0.2) is 0 Å². The summed E-state index contributed by atoms with van der Waals surface area (Å²) in [5.74, 6) is 2.27. The maximum absolute atomic E-state index is 12.5. The van der Waals surface area contributed by atoms with Crippen molar-refractivity contribution < 1.29 is 13.7 Å². The molecule has 30 heavy (non-hydrogen) atoms. The fourth-order valence-electron chi connectivity index (χ4n) is 3.89. The third kappa shape index (κ3) is 4.24. The van der Waals surface area contributed by atoms with E-state index in [1.165, 1.54) is 0 Å². The van der Waals surface area contributed by atoms with Crippen LogP contribution in [0.5, 0.6) is 0 Å². The average molecular weight is 410 g/mol. The van der Waals surface area contributed by atoms with Gasteiger partial charge < -0.3 is 14.3 Å². The molecule has 1 aliphatic carbocycles. The van der Waals surface area contributed by atoms with E-state index in [1.54, 1.807) is 19.3 Å². The van der Waals surface area contributed by atoms with Crippen LogP contribution in [-0.4, -0.2) is 37.8 Å². The Morgan fingerprint density at radius 1 is 1.13 bits per heavy atom. The van der Waals surface area contributed by atoms with Crippen LogP contribution in [-0.2, 0) is 6.42 Å². The number of aryl methyl sites for hydroxylation is 3. The minimum absolute atomic E-state index is 0.103. The van der Waals surface area contributed by atoms with Gasteiger partial charge in [-0.3, -0.25) is 9.78 Å². The molecule has 1 N–H and O–H groups in total. The van der Waals surface area contributed by atoms with Crippen LogP contribution in [0.1, 0.15) is 71.9 Å². The van der Waals surface area contributed by atoms with E-state index >= 15 is 0 Å². The first kappa shape index (κ1) is 20.2. The number of hydrogen-bond donors (Lipinski definition) is 1. The number of nitrogens with zero attached hydrogens (tertiary/aromatic N) is 5. The summed E-state index contributed by atoms with van der Waals surface area (Å²) < 4.78 is 11.1. The molecule has 158 valence electrons. The summed E-state index contributed by atoms with van der Waals surface area (Å²) in [6.45, 7) is 6.27. The molecule has 0 unspecified atom stereocenters. The lowest BCUT2D eigenvalue weighted by atomic mass is 9.82. The summed E-state index contributed by atoms with van der Waals surface area (Å²) in [5, 5.41) is 15.3. The molecule has 1 aliphatic rings. The van der Waals surface area contributed by atoms with Crippen molar-refractivity contribution in [1.29, 1.82) is 0 Å². The van der Waals surface area contributed by atoms with Gasteiger partial charge in [0, 0.05) is 25.1 Å². The largest absolute Gasteiger partial charge is 0.419 e. The van der Waals surface area contributed by atoms with Crippen molar-refractivity contribution in [3.63, 3.8) is 0 Å². The highest BCUT2D eigenvalue weighted by Crippen LogP contribution is 2.35. The average Bonchev–Trinajstić information content (AvgIpc) is 3.40. The molecule has 0 bridgehead atoms. The van der Waals surface area contributed by atoms with E-state index in [1.807, 2.05) is 13.8 Å². The summed E-state index contributed by atoms with van der Waals surface area (Å²) in [6, 6.07) is 0. The molecule has 1 amide bonds. The molecule has 1 saturated carbocycles. The highest BCUT2D eigenvalue weighted by molar-refractivity contribution is 5.96. The van der Waals surface area contributed by atoms with E-state index in [9.17, 15) is 4.79 Å². The maximum atomic E-state index is 12.5. The van der Waals surface area contributed by atoms with Gasteiger partial charge in [-0.2, -0.15) is 0 Å². The molecule has 0 atom stereocenters. The summed E-state index contributed by atoms with van der Waals surface area (Å²) in [5.41, 5.74) is 2.64. The van der Waals surface area contributed by atoms with E-state index in [0.29, 0.717) is 53.4 Å². The standard InChI is InChI=1S/C21H26N6O3/c1-4-17-18(13(3)27-30-17)19(28)24-10-14-5-7-15(8-6-14)20-25-26-21(29-20)16-11-22-12(2)9-23-16/h9,11,14-15H,4-8,10H2,1-3H3,(H,24,28). The van der Waals surface area contributed by atoms with Gasteiger partial charge in [-0.05, 0) is 45.4 Å². The Labute approximate surface area is 174 Å². The Morgan fingerprint density at radius 3 is 2.63 bits per heavy atom. The SMILES string of the molecule is CCc1onc(C)c1C(=O)NCC1CCC(c2nnc(-c3cnc(C)cn3)o2)CC1. The Bertz CT molecular complexity index is 1000. The molecule has 0 radical (unpaired) electrons. The van der Waals surface area contributed by atoms with Crippen molar-refractivity contribution in [2.45, 2.75) is 58.8 Å². The van der Waals surface area contributed by atoms with Gasteiger partial charge in [0.25, 0.3) is 11.8 Å². The molecule has 0 saturated heterocycles. The topological polar surface area (TPSA) is 120 Å². The quantitative estimate of drug-likeness (QED) is 0.656. The van der Waals surface area contributed by atoms with Crippen molar-refractivity contribution in [3.05, 3.63) is 41.0 Å². The van der Waals surface area contributed by atoms with Crippen LogP contribution < -0.4 is 5.32 Å². The molecular formula is C21H26N6O3. The molecule has 1 fully saturated rings. The van der Waals surface area contributed by atoms with Crippen LogP contribution in [0.3, 0.4) is 0 Å². The Balaban J connectivity index is 1.29. The normalized spacial score (nSPS) is 19.0. The third-order valence-corrected chi connectivity index (χ3v) is 5.67. The lowest BCUT2D eigenvalue weighted by Gasteiger charge is -2.26. The van der Waals surface area contributed by atoms with Gasteiger partial charge in [-0.1, -0.05) is 12.1 Å². The van der Waals surface area contributed by atoms with Gasteiger partial charge in [-0.15, -0.1) is 10.2 Å². The lowest BCUT2D eigenvalue weighted by molar-refractivity contribution is 0.0940. The fraction of sp³-hybridized carbons (Fsp3) is 0.524. The highest BCUT2D eigenvalue weighted by atomic mass is 16.5. The zero-order valence-corrected chi connectivity index (χ0v) is 17.5. The third-order valence-electron chi connectivity index (χ3n) is 5.67. The summed E-state index contributed by atoms with van der Waals surface area (Å²) in [7, 11) is 0. The first-order valence-electron chi connectivity index (χ1n) is 10.4. The van der Waals surface area contributed by atoms with Crippen LogP contribution in [0.2, 0.25) is 0 Å². The zero-order chi connectivity index (χ0) is 21.1. The smallest absolute Gasteiger partial charge is 0.267 e. The lowest BCUT2D eigenvalue weighted by Crippen LogP contribution is -2.31. The molecule has 3 aromatic heterocycles. The zero-order valence-electron chi connectivity index (χ0n) is 17.5. The van der Waals surface area contributed by atoms with Crippen LogP contribution in [0.15, 0.2) is 21.3 Å². The van der Waals surface area contributed by atoms with Gasteiger partial charge in [0.2, 0.25) is 5.89 Å². The molecule has 4 rings (SSSR count). The van der Waals surface area contributed by atoms with E-state index in [0.717, 1.165) is 31.4 Å². The fourth-order valence-corrected chi connectivity index (χ4v) is 3.89. The molecule has 9 nitrogen and oxygen atoms in total. The monoisotopic (exact) mass is 410 g/mol. The number of aromatic nitrogens is 5. The summed E-state index contributed by atoms with van der Waals surface area (Å²) in [6.07, 6.45) is 7.88. The number of rotatable bonds is 6. The predicted molar refractivity (Wildman–Crippen MR) is 108 cm³/mol. The molecule has 3 heterocycles. The minimum atomic E-state index is -0.103. The van der Waals surface area contributed by atoms with E-state index in [-0.39, 0.29) is 11.8 Å². The maximum Gasteiger partial charge on any atom is 0.267 e. The van der Waals surface area contributed by atoms with Crippen LogP contribution in [0.4, 0.5) is 0 Å².